The highest BCUT2D eigenvalue weighted by atomic mass is 16.7. The minimum Gasteiger partial charge on any atom is -0.497 e. The van der Waals surface area contributed by atoms with Gasteiger partial charge in [0.15, 0.2) is 6.10 Å². The Morgan fingerprint density at radius 2 is 1.56 bits per heavy atom. The first-order valence-electron chi connectivity index (χ1n) is 22.5. The highest BCUT2D eigenvalue weighted by molar-refractivity contribution is 5.83. The van der Waals surface area contributed by atoms with E-state index in [-0.39, 0.29) is 71.4 Å². The zero-order valence-corrected chi connectivity index (χ0v) is 38.6. The van der Waals surface area contributed by atoms with Crippen LogP contribution in [0.4, 0.5) is 0 Å². The van der Waals surface area contributed by atoms with Crippen molar-refractivity contribution in [2.75, 3.05) is 34.0 Å². The first kappa shape index (κ1) is 54.0. The van der Waals surface area contributed by atoms with Crippen LogP contribution < -0.4 is 4.74 Å². The first-order chi connectivity index (χ1) is 30.6. The molecule has 0 spiro atoms. The number of carbonyl (C=O) groups is 4. The predicted molar refractivity (Wildman–Crippen MR) is 237 cm³/mol. The molecule has 0 bridgehead atoms. The average Bonchev–Trinajstić information content (AvgIpc) is 3.27. The summed E-state index contributed by atoms with van der Waals surface area (Å²) in [6.07, 6.45) is 1.91. The van der Waals surface area contributed by atoms with E-state index in [9.17, 15) is 29.4 Å². The number of rotatable bonds is 31. The topological polar surface area (TPSA) is 203 Å². The predicted octanol–water partition coefficient (Wildman–Crippen LogP) is 7.41. The van der Waals surface area contributed by atoms with Crippen LogP contribution in [0.2, 0.25) is 0 Å². The fourth-order valence-electron chi connectivity index (χ4n) is 7.31. The summed E-state index contributed by atoms with van der Waals surface area (Å²) in [6, 6.07) is 17.2. The van der Waals surface area contributed by atoms with Crippen LogP contribution in [0.25, 0.3) is 0 Å². The van der Waals surface area contributed by atoms with Crippen LogP contribution in [0.3, 0.4) is 0 Å². The molecular weight excluding hydrogens is 829 g/mol. The van der Waals surface area contributed by atoms with E-state index >= 15 is 0 Å². The Labute approximate surface area is 378 Å². The Hall–Kier alpha value is -4.38. The molecule has 358 valence electrons. The lowest BCUT2D eigenvalue weighted by atomic mass is 9.72. The number of carboxylic acid groups (broad SMARTS) is 1. The van der Waals surface area contributed by atoms with Crippen molar-refractivity contribution >= 4 is 23.9 Å². The summed E-state index contributed by atoms with van der Waals surface area (Å²) in [6.45, 7) is 8.41. The van der Waals surface area contributed by atoms with Gasteiger partial charge in [0.05, 0.1) is 64.9 Å². The fourth-order valence-corrected chi connectivity index (χ4v) is 7.31. The zero-order valence-electron chi connectivity index (χ0n) is 38.6. The number of aliphatic hydroxyl groups excluding tert-OH is 1. The lowest BCUT2D eigenvalue weighted by Crippen LogP contribution is -2.62. The van der Waals surface area contributed by atoms with Crippen molar-refractivity contribution in [3.63, 3.8) is 0 Å². The van der Waals surface area contributed by atoms with Crippen LogP contribution in [0.5, 0.6) is 5.75 Å². The number of carbonyl (C=O) groups excluding carboxylic acids is 3. The van der Waals surface area contributed by atoms with Crippen molar-refractivity contribution in [3.8, 4) is 5.75 Å². The van der Waals surface area contributed by atoms with Gasteiger partial charge in [0, 0.05) is 50.4 Å². The third kappa shape index (κ3) is 19.0. The first-order valence-corrected chi connectivity index (χ1v) is 22.5. The summed E-state index contributed by atoms with van der Waals surface area (Å²) in [4.78, 5) is 50.3. The molecule has 1 aliphatic heterocycles. The maximum absolute atomic E-state index is 13.5. The summed E-state index contributed by atoms with van der Waals surface area (Å²) in [5, 5.41) is 31.4. The largest absolute Gasteiger partial charge is 0.497 e. The fraction of sp³-hybridized carbons (Fsp3) is 0.633. The van der Waals surface area contributed by atoms with Crippen LogP contribution in [-0.4, -0.2) is 110 Å². The van der Waals surface area contributed by atoms with Crippen molar-refractivity contribution in [2.24, 2.45) is 5.41 Å². The molecule has 0 aromatic heterocycles. The monoisotopic (exact) mass is 900 g/mol. The van der Waals surface area contributed by atoms with Crippen LogP contribution in [-0.2, 0) is 65.5 Å². The molecule has 1 unspecified atom stereocenters. The number of unbranched alkanes of at least 4 members (excludes halogenated alkanes) is 4. The number of hydrogen-bond donors (Lipinski definition) is 3. The number of ether oxygens (including phenoxy) is 8. The molecular formula is C49H72O15. The van der Waals surface area contributed by atoms with Crippen molar-refractivity contribution in [2.45, 2.75) is 161 Å². The van der Waals surface area contributed by atoms with Gasteiger partial charge in [0.25, 0.3) is 0 Å². The second-order valence-corrected chi connectivity index (χ2v) is 17.0. The normalized spacial score (nSPS) is 19.7. The van der Waals surface area contributed by atoms with E-state index in [0.717, 1.165) is 36.8 Å². The Morgan fingerprint density at radius 3 is 2.23 bits per heavy atom. The number of hydrogen-bond acceptors (Lipinski definition) is 14. The Kier molecular flexibility index (Phi) is 24.0. The van der Waals surface area contributed by atoms with Crippen molar-refractivity contribution in [1.29, 1.82) is 0 Å². The molecule has 1 fully saturated rings. The van der Waals surface area contributed by atoms with Gasteiger partial charge >= 0.3 is 23.9 Å². The average molecular weight is 901 g/mol. The van der Waals surface area contributed by atoms with Gasteiger partial charge in [-0.3, -0.25) is 14.4 Å². The molecule has 0 radical (unpaired) electrons. The number of esters is 3. The molecule has 15 heteroatoms. The molecule has 0 amide bonds. The van der Waals surface area contributed by atoms with Gasteiger partial charge in [-0.15, -0.1) is 0 Å². The highest BCUT2D eigenvalue weighted by Gasteiger charge is 2.58. The molecule has 2 aromatic carbocycles. The number of benzene rings is 2. The van der Waals surface area contributed by atoms with E-state index < -0.39 is 65.6 Å². The van der Waals surface area contributed by atoms with E-state index in [1.165, 1.54) is 13.2 Å². The maximum Gasteiger partial charge on any atom is 0.330 e. The highest BCUT2D eigenvalue weighted by Crippen LogP contribution is 2.48. The van der Waals surface area contributed by atoms with E-state index in [4.69, 9.17) is 43.0 Å². The third-order valence-electron chi connectivity index (χ3n) is 11.4. The zero-order chi connectivity index (χ0) is 47.0. The van der Waals surface area contributed by atoms with Crippen LogP contribution >= 0.6 is 0 Å². The van der Waals surface area contributed by atoms with E-state index in [0.29, 0.717) is 30.8 Å². The van der Waals surface area contributed by atoms with Crippen molar-refractivity contribution in [3.05, 3.63) is 77.4 Å². The number of carboxylic acids is 1. The summed E-state index contributed by atoms with van der Waals surface area (Å²) >= 11 is 0. The van der Waals surface area contributed by atoms with Crippen LogP contribution in [0.15, 0.2) is 66.2 Å². The van der Waals surface area contributed by atoms with E-state index in [1.807, 2.05) is 61.5 Å². The second-order valence-electron chi connectivity index (χ2n) is 17.0. The molecule has 64 heavy (non-hydrogen) atoms. The Bertz CT molecular complexity index is 1710. The van der Waals surface area contributed by atoms with Crippen molar-refractivity contribution in [1.82, 2.24) is 0 Å². The van der Waals surface area contributed by atoms with Gasteiger partial charge in [-0.25, -0.2) is 4.79 Å². The van der Waals surface area contributed by atoms with Gasteiger partial charge in [0.2, 0.25) is 5.79 Å². The van der Waals surface area contributed by atoms with Crippen molar-refractivity contribution < 1.29 is 72.4 Å². The molecule has 3 rings (SSSR count). The molecule has 15 nitrogen and oxygen atoms in total. The smallest absolute Gasteiger partial charge is 0.330 e. The minimum atomic E-state index is -2.25. The van der Waals surface area contributed by atoms with Gasteiger partial charge in [-0.2, -0.15) is 0 Å². The maximum atomic E-state index is 13.5. The van der Waals surface area contributed by atoms with Gasteiger partial charge in [-0.1, -0.05) is 88.9 Å². The minimum absolute atomic E-state index is 0.0393. The van der Waals surface area contributed by atoms with Crippen LogP contribution in [0.1, 0.15) is 122 Å². The lowest BCUT2D eigenvalue weighted by Gasteiger charge is -2.52. The molecule has 6 atom stereocenters. The molecule has 2 aromatic rings. The van der Waals surface area contributed by atoms with E-state index in [1.54, 1.807) is 21.0 Å². The molecule has 3 N–H and O–H groups in total. The number of methoxy groups -OCH3 is 2. The Morgan fingerprint density at radius 1 is 0.875 bits per heavy atom. The second kappa shape index (κ2) is 28.5. The number of aliphatic carboxylic acids is 1. The summed E-state index contributed by atoms with van der Waals surface area (Å²) in [5.74, 6) is -4.44. The van der Waals surface area contributed by atoms with E-state index in [2.05, 4.69) is 6.92 Å². The van der Waals surface area contributed by atoms with Crippen LogP contribution in [0, 0.1) is 5.41 Å². The molecule has 0 saturated carbocycles. The number of aliphatic hydroxyl groups is 2. The Balaban J connectivity index is 1.86. The molecule has 0 aliphatic carbocycles. The van der Waals surface area contributed by atoms with Gasteiger partial charge < -0.3 is 53.2 Å². The van der Waals surface area contributed by atoms with Gasteiger partial charge in [-0.05, 0) is 61.4 Å². The standard InChI is InChI=1S/C49H72O15/c1-7-8-9-10-14-18-45(54)63-47-38(30-46(55)58-6)29-41(32-42(35(2)61-33-36-16-12-11-13-17-36)62-34-37-19-21-40(57-5)22-20-37)64-49(47,56)48(3,4)25-23-44(53)60-27-15-26-59-28-24-39(50)31-43(51)52/h11-13,16-17,19-22,30,35,39,41-42,47,50,56H,7-10,14-15,18,23-29,31-34H2,1-6H3,(H,51,52)/b38-30+/t35-,39-,41?,42-,47+,49-/m1/s1. The molecule has 1 saturated heterocycles. The third-order valence-corrected chi connectivity index (χ3v) is 11.4. The summed E-state index contributed by atoms with van der Waals surface area (Å²) in [5.41, 5.74) is 0.885. The lowest BCUT2D eigenvalue weighted by molar-refractivity contribution is -0.338. The quantitative estimate of drug-likeness (QED) is 0.0292. The summed E-state index contributed by atoms with van der Waals surface area (Å²) < 4.78 is 47.0. The molecule has 1 heterocycles. The molecule has 1 aliphatic rings. The van der Waals surface area contributed by atoms with Gasteiger partial charge in [0.1, 0.15) is 5.75 Å². The summed E-state index contributed by atoms with van der Waals surface area (Å²) in [7, 11) is 2.84. The SMILES string of the molecule is CCCCCCCC(=O)O[C@H]1/C(=C/C(=O)OC)CC(C[C@@H](OCc2ccc(OC)cc2)[C@@H](C)OCc2ccccc2)O[C@@]1(O)C(C)(C)CCC(=O)OCCCOCC[C@@H](O)CC(=O)O.